The number of aliphatic hydroxyl groups is 1. The van der Waals surface area contributed by atoms with Crippen molar-refractivity contribution in [2.24, 2.45) is 11.8 Å². The molecular formula is C15H31NO. The molecule has 0 spiro atoms. The van der Waals surface area contributed by atoms with E-state index in [1.54, 1.807) is 0 Å². The molecule has 0 saturated heterocycles. The van der Waals surface area contributed by atoms with Crippen LogP contribution in [0.15, 0.2) is 0 Å². The number of aliphatic hydroxyl groups excluding tert-OH is 1. The van der Waals surface area contributed by atoms with Gasteiger partial charge in [0.25, 0.3) is 0 Å². The van der Waals surface area contributed by atoms with E-state index in [9.17, 15) is 0 Å². The lowest BCUT2D eigenvalue weighted by Gasteiger charge is -2.41. The fourth-order valence-electron chi connectivity index (χ4n) is 3.29. The van der Waals surface area contributed by atoms with E-state index < -0.39 is 0 Å². The second-order valence-electron chi connectivity index (χ2n) is 5.81. The van der Waals surface area contributed by atoms with E-state index in [2.05, 4.69) is 25.8 Å². The summed E-state index contributed by atoms with van der Waals surface area (Å²) < 4.78 is 0. The molecule has 102 valence electrons. The Labute approximate surface area is 107 Å². The Balaban J connectivity index is 2.45. The fraction of sp³-hybridized carbons (Fsp3) is 1.00. The van der Waals surface area contributed by atoms with Crippen LogP contribution >= 0.6 is 0 Å². The predicted octanol–water partition coefficient (Wildman–Crippen LogP) is 3.30. The minimum absolute atomic E-state index is 0.341. The van der Waals surface area contributed by atoms with Crippen LogP contribution in [-0.4, -0.2) is 36.2 Å². The Morgan fingerprint density at radius 1 is 1.24 bits per heavy atom. The molecular weight excluding hydrogens is 210 g/mol. The number of hydrogen-bond acceptors (Lipinski definition) is 2. The fourth-order valence-corrected chi connectivity index (χ4v) is 3.29. The van der Waals surface area contributed by atoms with Gasteiger partial charge < -0.3 is 10.0 Å². The van der Waals surface area contributed by atoms with Gasteiger partial charge in [-0.2, -0.15) is 0 Å². The Morgan fingerprint density at radius 2 is 1.94 bits per heavy atom. The normalized spacial score (nSPS) is 27.4. The summed E-state index contributed by atoms with van der Waals surface area (Å²) in [5.41, 5.74) is 0. The first-order chi connectivity index (χ1) is 8.20. The molecule has 17 heavy (non-hydrogen) atoms. The third-order valence-corrected chi connectivity index (χ3v) is 4.64. The Bertz CT molecular complexity index is 195. The van der Waals surface area contributed by atoms with Crippen LogP contribution in [0.5, 0.6) is 0 Å². The van der Waals surface area contributed by atoms with Crippen molar-refractivity contribution in [3.8, 4) is 0 Å². The summed E-state index contributed by atoms with van der Waals surface area (Å²) in [6.45, 7) is 6.23. The molecule has 0 aliphatic heterocycles. The van der Waals surface area contributed by atoms with E-state index in [-0.39, 0.29) is 0 Å². The number of rotatable bonds is 7. The summed E-state index contributed by atoms with van der Waals surface area (Å²) in [4.78, 5) is 2.56. The van der Waals surface area contributed by atoms with Crippen molar-refractivity contribution in [2.45, 2.75) is 64.8 Å². The first kappa shape index (κ1) is 15.0. The van der Waals surface area contributed by atoms with Crippen molar-refractivity contribution in [3.05, 3.63) is 0 Å². The molecule has 0 heterocycles. The highest BCUT2D eigenvalue weighted by molar-refractivity contribution is 4.84. The van der Waals surface area contributed by atoms with Crippen molar-refractivity contribution in [3.63, 3.8) is 0 Å². The van der Waals surface area contributed by atoms with Crippen molar-refractivity contribution in [1.29, 1.82) is 0 Å². The maximum absolute atomic E-state index is 8.85. The van der Waals surface area contributed by atoms with Crippen LogP contribution in [-0.2, 0) is 0 Å². The molecule has 0 amide bonds. The molecule has 1 N–H and O–H groups in total. The molecule has 0 aromatic heterocycles. The van der Waals surface area contributed by atoms with E-state index in [0.717, 1.165) is 37.3 Å². The lowest BCUT2D eigenvalue weighted by atomic mass is 9.75. The van der Waals surface area contributed by atoms with Gasteiger partial charge in [0.2, 0.25) is 0 Å². The topological polar surface area (TPSA) is 23.5 Å². The smallest absolute Gasteiger partial charge is 0.0431 e. The maximum Gasteiger partial charge on any atom is 0.0431 e. The van der Waals surface area contributed by atoms with Crippen LogP contribution < -0.4 is 0 Å². The first-order valence-electron chi connectivity index (χ1n) is 7.51. The van der Waals surface area contributed by atoms with E-state index >= 15 is 0 Å². The van der Waals surface area contributed by atoms with Crippen LogP contribution in [0, 0.1) is 11.8 Å². The minimum Gasteiger partial charge on any atom is -0.396 e. The highest BCUT2D eigenvalue weighted by Gasteiger charge is 2.30. The van der Waals surface area contributed by atoms with E-state index in [1.165, 1.54) is 32.1 Å². The molecule has 0 aromatic carbocycles. The van der Waals surface area contributed by atoms with Crippen LogP contribution in [0.1, 0.15) is 58.8 Å². The third-order valence-electron chi connectivity index (χ3n) is 4.64. The van der Waals surface area contributed by atoms with Gasteiger partial charge in [-0.05, 0) is 51.1 Å². The van der Waals surface area contributed by atoms with Gasteiger partial charge in [0.05, 0.1) is 0 Å². The van der Waals surface area contributed by atoms with Gasteiger partial charge in [-0.3, -0.25) is 0 Å². The van der Waals surface area contributed by atoms with Crippen molar-refractivity contribution < 1.29 is 5.11 Å². The van der Waals surface area contributed by atoms with Gasteiger partial charge in [0, 0.05) is 12.6 Å². The van der Waals surface area contributed by atoms with Crippen molar-refractivity contribution >= 4 is 0 Å². The molecule has 1 fully saturated rings. The zero-order chi connectivity index (χ0) is 12.7. The van der Waals surface area contributed by atoms with E-state index in [1.807, 2.05) is 0 Å². The standard InChI is InChI=1S/C15H31NO/c1-4-13(2)14-9-5-6-10-15(14)16(3)11-7-8-12-17/h13-15,17H,4-12H2,1-3H3. The van der Waals surface area contributed by atoms with Gasteiger partial charge >= 0.3 is 0 Å². The van der Waals surface area contributed by atoms with E-state index in [4.69, 9.17) is 5.11 Å². The SMILES string of the molecule is CCC(C)C1CCCCC1N(C)CCCCO. The van der Waals surface area contributed by atoms with E-state index in [0.29, 0.717) is 6.61 Å². The van der Waals surface area contributed by atoms with Gasteiger partial charge in [-0.1, -0.05) is 33.1 Å². The minimum atomic E-state index is 0.341. The molecule has 0 bridgehead atoms. The molecule has 2 heteroatoms. The molecule has 3 unspecified atom stereocenters. The molecule has 2 nitrogen and oxygen atoms in total. The summed E-state index contributed by atoms with van der Waals surface area (Å²) >= 11 is 0. The molecule has 1 aliphatic rings. The molecule has 0 aromatic rings. The van der Waals surface area contributed by atoms with Crippen LogP contribution in [0.3, 0.4) is 0 Å². The average Bonchev–Trinajstić information content (AvgIpc) is 2.38. The summed E-state index contributed by atoms with van der Waals surface area (Å²) in [7, 11) is 2.28. The molecule has 1 aliphatic carbocycles. The van der Waals surface area contributed by atoms with Crippen LogP contribution in [0.4, 0.5) is 0 Å². The average molecular weight is 241 g/mol. The summed E-state index contributed by atoms with van der Waals surface area (Å²) in [6, 6.07) is 0.789. The predicted molar refractivity (Wildman–Crippen MR) is 74.2 cm³/mol. The van der Waals surface area contributed by atoms with Gasteiger partial charge in [-0.25, -0.2) is 0 Å². The monoisotopic (exact) mass is 241 g/mol. The Hall–Kier alpha value is -0.0800. The van der Waals surface area contributed by atoms with Crippen LogP contribution in [0.2, 0.25) is 0 Å². The lowest BCUT2D eigenvalue weighted by molar-refractivity contribution is 0.0906. The largest absolute Gasteiger partial charge is 0.396 e. The second kappa shape index (κ2) is 8.10. The lowest BCUT2D eigenvalue weighted by Crippen LogP contribution is -2.43. The number of hydrogen-bond donors (Lipinski definition) is 1. The maximum atomic E-state index is 8.85. The quantitative estimate of drug-likeness (QED) is 0.691. The molecule has 1 saturated carbocycles. The summed E-state index contributed by atoms with van der Waals surface area (Å²) in [6.07, 6.45) is 9.03. The molecule has 0 radical (unpaired) electrons. The highest BCUT2D eigenvalue weighted by Crippen LogP contribution is 2.34. The number of unbranched alkanes of at least 4 members (excludes halogenated alkanes) is 1. The molecule has 1 rings (SSSR count). The van der Waals surface area contributed by atoms with Gasteiger partial charge in [0.1, 0.15) is 0 Å². The second-order valence-corrected chi connectivity index (χ2v) is 5.81. The first-order valence-corrected chi connectivity index (χ1v) is 7.51. The molecule has 3 atom stereocenters. The zero-order valence-corrected chi connectivity index (χ0v) is 12.0. The summed E-state index contributed by atoms with van der Waals surface area (Å²) in [5, 5.41) is 8.85. The van der Waals surface area contributed by atoms with Gasteiger partial charge in [0.15, 0.2) is 0 Å². The Kier molecular flexibility index (Phi) is 7.14. The van der Waals surface area contributed by atoms with Crippen LogP contribution in [0.25, 0.3) is 0 Å². The van der Waals surface area contributed by atoms with Gasteiger partial charge in [-0.15, -0.1) is 0 Å². The highest BCUT2D eigenvalue weighted by atomic mass is 16.2. The summed E-state index contributed by atoms with van der Waals surface area (Å²) in [5.74, 6) is 1.76. The third kappa shape index (κ3) is 4.59. The van der Waals surface area contributed by atoms with Crippen molar-refractivity contribution in [2.75, 3.05) is 20.2 Å². The Morgan fingerprint density at radius 3 is 2.59 bits per heavy atom. The number of nitrogens with zero attached hydrogens (tertiary/aromatic N) is 1. The zero-order valence-electron chi connectivity index (χ0n) is 12.0. The van der Waals surface area contributed by atoms with Crippen molar-refractivity contribution in [1.82, 2.24) is 4.90 Å².